The highest BCUT2D eigenvalue weighted by atomic mass is 32.2. The van der Waals surface area contributed by atoms with Crippen molar-refractivity contribution in [3.8, 4) is 0 Å². The molecule has 1 saturated heterocycles. The zero-order valence-corrected chi connectivity index (χ0v) is 20.0. The molecular weight excluding hydrogens is 418 g/mol. The van der Waals surface area contributed by atoms with Crippen LogP contribution in [-0.2, 0) is 24.3 Å². The highest BCUT2D eigenvalue weighted by molar-refractivity contribution is 7.89. The fourth-order valence-electron chi connectivity index (χ4n) is 3.48. The van der Waals surface area contributed by atoms with Gasteiger partial charge in [-0.15, -0.1) is 0 Å². The smallest absolute Gasteiger partial charge is 0.326 e. The summed E-state index contributed by atoms with van der Waals surface area (Å²) < 4.78 is 32.8. The van der Waals surface area contributed by atoms with Gasteiger partial charge in [0, 0.05) is 26.2 Å². The first-order valence-corrected chi connectivity index (χ1v) is 12.0. The van der Waals surface area contributed by atoms with E-state index in [1.54, 1.807) is 51.1 Å². The van der Waals surface area contributed by atoms with E-state index >= 15 is 0 Å². The van der Waals surface area contributed by atoms with Gasteiger partial charge in [0.15, 0.2) is 0 Å². The number of hydrogen-bond donors (Lipinski definition) is 0. The number of sulfonamides is 1. The van der Waals surface area contributed by atoms with Gasteiger partial charge < -0.3 is 14.5 Å². The van der Waals surface area contributed by atoms with E-state index in [1.807, 2.05) is 19.0 Å². The van der Waals surface area contributed by atoms with E-state index in [2.05, 4.69) is 0 Å². The van der Waals surface area contributed by atoms with Crippen LogP contribution in [0.1, 0.15) is 33.6 Å². The molecule has 9 heteroatoms. The van der Waals surface area contributed by atoms with Gasteiger partial charge in [-0.1, -0.05) is 18.2 Å². The number of carbonyl (C=O) groups is 2. The van der Waals surface area contributed by atoms with Crippen molar-refractivity contribution in [3.05, 3.63) is 30.3 Å². The zero-order chi connectivity index (χ0) is 23.2. The lowest BCUT2D eigenvalue weighted by Crippen LogP contribution is -2.49. The van der Waals surface area contributed by atoms with Crippen LogP contribution in [0, 0.1) is 5.92 Å². The first kappa shape index (κ1) is 25.3. The van der Waals surface area contributed by atoms with Crippen LogP contribution in [0.5, 0.6) is 0 Å². The van der Waals surface area contributed by atoms with Crippen molar-refractivity contribution < 1.29 is 22.7 Å². The van der Waals surface area contributed by atoms with E-state index in [0.717, 1.165) is 0 Å². The Balaban J connectivity index is 2.14. The number of benzene rings is 1. The number of rotatable bonds is 8. The van der Waals surface area contributed by atoms with Crippen molar-refractivity contribution >= 4 is 21.9 Å². The Kier molecular flexibility index (Phi) is 8.62. The summed E-state index contributed by atoms with van der Waals surface area (Å²) in [5.41, 5.74) is -0.640. The molecule has 0 aliphatic carbocycles. The maximum Gasteiger partial charge on any atom is 0.326 e. The van der Waals surface area contributed by atoms with Crippen molar-refractivity contribution in [3.63, 3.8) is 0 Å². The fourth-order valence-corrected chi connectivity index (χ4v) is 5.02. The minimum absolute atomic E-state index is 0.114. The fraction of sp³-hybridized carbons (Fsp3) is 0.636. The van der Waals surface area contributed by atoms with E-state index in [4.69, 9.17) is 4.74 Å². The largest absolute Gasteiger partial charge is 0.459 e. The van der Waals surface area contributed by atoms with Crippen LogP contribution in [0.4, 0.5) is 0 Å². The third-order valence-corrected chi connectivity index (χ3v) is 6.86. The standard InChI is InChI=1S/C22H35N3O5S/c1-22(2,3)30-20(26)17-24(15-14-23(4)5)21(27)18-10-9-13-25(16-18)31(28,29)19-11-7-6-8-12-19/h6-8,11-12,18H,9-10,13-17H2,1-5H3. The molecule has 0 saturated carbocycles. The summed E-state index contributed by atoms with van der Waals surface area (Å²) in [5.74, 6) is -1.17. The number of amides is 1. The monoisotopic (exact) mass is 453 g/mol. The predicted octanol–water partition coefficient (Wildman–Crippen LogP) is 1.82. The van der Waals surface area contributed by atoms with E-state index in [1.165, 1.54) is 9.21 Å². The van der Waals surface area contributed by atoms with E-state index < -0.39 is 27.5 Å². The molecule has 174 valence electrons. The third kappa shape index (κ3) is 7.59. The SMILES string of the molecule is CN(C)CCN(CC(=O)OC(C)(C)C)C(=O)C1CCCN(S(=O)(=O)c2ccccc2)C1. The maximum absolute atomic E-state index is 13.3. The molecule has 0 bridgehead atoms. The van der Waals surface area contributed by atoms with Crippen LogP contribution in [0.2, 0.25) is 0 Å². The summed E-state index contributed by atoms with van der Waals surface area (Å²) in [5, 5.41) is 0. The maximum atomic E-state index is 13.3. The second kappa shape index (κ2) is 10.6. The summed E-state index contributed by atoms with van der Waals surface area (Å²) in [6, 6.07) is 8.26. The second-order valence-corrected chi connectivity index (χ2v) is 11.1. The molecule has 0 spiro atoms. The Hall–Kier alpha value is -1.97. The van der Waals surface area contributed by atoms with Crippen molar-refractivity contribution in [1.82, 2.24) is 14.1 Å². The lowest BCUT2D eigenvalue weighted by Gasteiger charge is -2.34. The minimum Gasteiger partial charge on any atom is -0.459 e. The average molecular weight is 454 g/mol. The zero-order valence-electron chi connectivity index (χ0n) is 19.2. The molecule has 1 amide bonds. The van der Waals surface area contributed by atoms with Gasteiger partial charge in [-0.3, -0.25) is 9.59 Å². The molecule has 2 rings (SSSR count). The number of piperidine rings is 1. The molecule has 1 aliphatic heterocycles. The number of esters is 1. The first-order chi connectivity index (χ1) is 14.4. The molecule has 1 atom stereocenters. The van der Waals surface area contributed by atoms with Crippen LogP contribution in [0.3, 0.4) is 0 Å². The molecule has 1 heterocycles. The van der Waals surface area contributed by atoms with Crippen LogP contribution in [0.15, 0.2) is 35.2 Å². The topological polar surface area (TPSA) is 87.2 Å². The summed E-state index contributed by atoms with van der Waals surface area (Å²) in [6.07, 6.45) is 1.18. The molecule has 0 aromatic heterocycles. The van der Waals surface area contributed by atoms with Crippen molar-refractivity contribution in [1.29, 1.82) is 0 Å². The molecule has 1 aromatic rings. The number of ether oxygens (including phenoxy) is 1. The van der Waals surface area contributed by atoms with E-state index in [0.29, 0.717) is 32.5 Å². The molecule has 1 aromatic carbocycles. The summed E-state index contributed by atoms with van der Waals surface area (Å²) in [4.78, 5) is 29.3. The van der Waals surface area contributed by atoms with Gasteiger partial charge in [-0.25, -0.2) is 8.42 Å². The summed E-state index contributed by atoms with van der Waals surface area (Å²) >= 11 is 0. The molecule has 1 aliphatic rings. The number of nitrogens with zero attached hydrogens (tertiary/aromatic N) is 3. The highest BCUT2D eigenvalue weighted by Gasteiger charge is 2.35. The quantitative estimate of drug-likeness (QED) is 0.558. The van der Waals surface area contributed by atoms with Crippen molar-refractivity contribution in [2.24, 2.45) is 5.92 Å². The molecular formula is C22H35N3O5S. The Morgan fingerprint density at radius 3 is 2.35 bits per heavy atom. The Morgan fingerprint density at radius 1 is 1.13 bits per heavy atom. The lowest BCUT2D eigenvalue weighted by atomic mass is 9.98. The lowest BCUT2D eigenvalue weighted by molar-refractivity contribution is -0.160. The van der Waals surface area contributed by atoms with E-state index in [-0.39, 0.29) is 23.9 Å². The third-order valence-electron chi connectivity index (χ3n) is 4.98. The van der Waals surface area contributed by atoms with Gasteiger partial charge in [0.2, 0.25) is 15.9 Å². The predicted molar refractivity (Wildman–Crippen MR) is 119 cm³/mol. The van der Waals surface area contributed by atoms with Gasteiger partial charge in [0.1, 0.15) is 12.1 Å². The second-order valence-electron chi connectivity index (χ2n) is 9.16. The highest BCUT2D eigenvalue weighted by Crippen LogP contribution is 2.25. The average Bonchev–Trinajstić information content (AvgIpc) is 2.70. The van der Waals surface area contributed by atoms with Crippen LogP contribution >= 0.6 is 0 Å². The Bertz CT molecular complexity index is 850. The first-order valence-electron chi connectivity index (χ1n) is 10.6. The molecule has 1 unspecified atom stereocenters. The number of hydrogen-bond acceptors (Lipinski definition) is 6. The number of likely N-dealkylation sites (N-methyl/N-ethyl adjacent to an activating group) is 1. The molecule has 1 fully saturated rings. The minimum atomic E-state index is -3.66. The van der Waals surface area contributed by atoms with Gasteiger partial charge in [-0.05, 0) is 59.8 Å². The van der Waals surface area contributed by atoms with Gasteiger partial charge in [-0.2, -0.15) is 4.31 Å². The Labute approximate surface area is 186 Å². The van der Waals surface area contributed by atoms with Crippen LogP contribution < -0.4 is 0 Å². The van der Waals surface area contributed by atoms with Crippen molar-refractivity contribution in [2.45, 2.75) is 44.1 Å². The van der Waals surface area contributed by atoms with Gasteiger partial charge >= 0.3 is 5.97 Å². The summed E-state index contributed by atoms with van der Waals surface area (Å²) in [6.45, 7) is 6.65. The van der Waals surface area contributed by atoms with Crippen molar-refractivity contribution in [2.75, 3.05) is 46.8 Å². The summed E-state index contributed by atoms with van der Waals surface area (Å²) in [7, 11) is 0.123. The molecule has 0 N–H and O–H groups in total. The normalized spacial score (nSPS) is 18.1. The van der Waals surface area contributed by atoms with Crippen LogP contribution in [-0.4, -0.2) is 86.8 Å². The van der Waals surface area contributed by atoms with Crippen LogP contribution in [0.25, 0.3) is 0 Å². The molecule has 31 heavy (non-hydrogen) atoms. The molecule has 8 nitrogen and oxygen atoms in total. The van der Waals surface area contributed by atoms with Gasteiger partial charge in [0.05, 0.1) is 10.8 Å². The molecule has 0 radical (unpaired) electrons. The van der Waals surface area contributed by atoms with Gasteiger partial charge in [0.25, 0.3) is 0 Å². The van der Waals surface area contributed by atoms with E-state index in [9.17, 15) is 18.0 Å². The number of carbonyl (C=O) groups excluding carboxylic acids is 2. The Morgan fingerprint density at radius 2 is 1.77 bits per heavy atom.